The van der Waals surface area contributed by atoms with Gasteiger partial charge in [0.25, 0.3) is 0 Å². The van der Waals surface area contributed by atoms with Crippen molar-refractivity contribution in [2.24, 2.45) is 22.9 Å². The maximum Gasteiger partial charge on any atom is 0.249 e. The summed E-state index contributed by atoms with van der Waals surface area (Å²) in [5.41, 5.74) is 24.9. The number of primary amides is 4. The van der Waals surface area contributed by atoms with Gasteiger partial charge < -0.3 is 22.9 Å². The number of nitrogens with two attached hydrogens (primary N) is 4. The lowest BCUT2D eigenvalue weighted by Gasteiger charge is -2.15. The van der Waals surface area contributed by atoms with E-state index in [4.69, 9.17) is 22.9 Å². The molecule has 4 amide bonds. The minimum absolute atomic E-state index is 0.0534. The Morgan fingerprint density at radius 3 is 1.12 bits per heavy atom. The van der Waals surface area contributed by atoms with Crippen molar-refractivity contribution in [2.75, 3.05) is 0 Å². The van der Waals surface area contributed by atoms with E-state index in [9.17, 15) is 19.2 Å². The van der Waals surface area contributed by atoms with E-state index in [0.717, 1.165) is 11.1 Å². The van der Waals surface area contributed by atoms with E-state index in [1.165, 1.54) is 12.1 Å². The van der Waals surface area contributed by atoms with Gasteiger partial charge in [-0.1, -0.05) is 48.5 Å². The van der Waals surface area contributed by atoms with Crippen LogP contribution in [0.2, 0.25) is 0 Å². The number of amides is 4. The standard InChI is InChI=1S/C24H22N4O4/c25-21(29)17-9-3-7-15(19(17)23(27)31)11-13-5-1-2-6-14(13)12-16-8-4-10-18(22(26)30)20(16)24(28)32/h1-10H,11-12H2,(H2,25,29)(H2,26,30)(H2,27,31)(H2,28,32). The number of hydrogen-bond acceptors (Lipinski definition) is 4. The van der Waals surface area contributed by atoms with Crippen LogP contribution >= 0.6 is 0 Å². The molecule has 0 spiro atoms. The molecule has 0 fully saturated rings. The lowest BCUT2D eigenvalue weighted by atomic mass is 9.89. The number of hydrogen-bond donors (Lipinski definition) is 4. The molecule has 0 heterocycles. The zero-order valence-corrected chi connectivity index (χ0v) is 17.1. The molecule has 0 aliphatic carbocycles. The average molecular weight is 430 g/mol. The van der Waals surface area contributed by atoms with E-state index in [-0.39, 0.29) is 35.1 Å². The highest BCUT2D eigenvalue weighted by Crippen LogP contribution is 2.24. The Hall–Kier alpha value is -4.46. The Labute approximate surface area is 184 Å². The summed E-state index contributed by atoms with van der Waals surface area (Å²) in [4.78, 5) is 47.6. The van der Waals surface area contributed by atoms with Gasteiger partial charge in [-0.15, -0.1) is 0 Å². The molecule has 0 aliphatic heterocycles. The van der Waals surface area contributed by atoms with Crippen molar-refractivity contribution in [3.8, 4) is 0 Å². The van der Waals surface area contributed by atoms with Crippen LogP contribution in [0.1, 0.15) is 63.7 Å². The van der Waals surface area contributed by atoms with E-state index in [1.807, 2.05) is 24.3 Å². The van der Waals surface area contributed by atoms with Gasteiger partial charge in [0.1, 0.15) is 0 Å². The van der Waals surface area contributed by atoms with Crippen LogP contribution < -0.4 is 22.9 Å². The van der Waals surface area contributed by atoms with Crippen LogP contribution in [0.5, 0.6) is 0 Å². The number of rotatable bonds is 8. The monoisotopic (exact) mass is 430 g/mol. The first-order chi connectivity index (χ1) is 15.2. The predicted molar refractivity (Wildman–Crippen MR) is 119 cm³/mol. The first-order valence-corrected chi connectivity index (χ1v) is 9.70. The van der Waals surface area contributed by atoms with Gasteiger partial charge in [-0.05, 0) is 47.2 Å². The number of carbonyl (C=O) groups excluding carboxylic acids is 4. The third kappa shape index (κ3) is 4.49. The molecule has 8 nitrogen and oxygen atoms in total. The van der Waals surface area contributed by atoms with Crippen molar-refractivity contribution >= 4 is 23.6 Å². The molecule has 0 unspecified atom stereocenters. The smallest absolute Gasteiger partial charge is 0.249 e. The van der Waals surface area contributed by atoms with Gasteiger partial charge in [-0.2, -0.15) is 0 Å². The van der Waals surface area contributed by atoms with Crippen molar-refractivity contribution in [3.05, 3.63) is 105 Å². The van der Waals surface area contributed by atoms with E-state index >= 15 is 0 Å². The summed E-state index contributed by atoms with van der Waals surface area (Å²) in [6.07, 6.45) is 0.577. The molecule has 32 heavy (non-hydrogen) atoms. The highest BCUT2D eigenvalue weighted by molar-refractivity contribution is 6.08. The molecule has 3 aromatic carbocycles. The quantitative estimate of drug-likeness (QED) is 0.421. The fourth-order valence-corrected chi connectivity index (χ4v) is 3.80. The minimum atomic E-state index is -0.753. The van der Waals surface area contributed by atoms with Crippen LogP contribution in [0, 0.1) is 0 Å². The lowest BCUT2D eigenvalue weighted by Crippen LogP contribution is -2.23. The molecule has 3 rings (SSSR count). The molecule has 8 N–H and O–H groups in total. The molecule has 0 aromatic heterocycles. The van der Waals surface area contributed by atoms with E-state index in [0.29, 0.717) is 11.1 Å². The van der Waals surface area contributed by atoms with E-state index in [2.05, 4.69) is 0 Å². The topological polar surface area (TPSA) is 172 Å². The van der Waals surface area contributed by atoms with Gasteiger partial charge in [0, 0.05) is 0 Å². The van der Waals surface area contributed by atoms with Crippen LogP contribution in [-0.2, 0) is 12.8 Å². The van der Waals surface area contributed by atoms with Crippen LogP contribution in [0.25, 0.3) is 0 Å². The molecule has 0 aliphatic rings. The van der Waals surface area contributed by atoms with Crippen molar-refractivity contribution in [1.29, 1.82) is 0 Å². The van der Waals surface area contributed by atoms with Crippen molar-refractivity contribution in [3.63, 3.8) is 0 Å². The minimum Gasteiger partial charge on any atom is -0.366 e. The Morgan fingerprint density at radius 1 is 0.469 bits per heavy atom. The summed E-state index contributed by atoms with van der Waals surface area (Å²) >= 11 is 0. The SMILES string of the molecule is NC(=O)c1cccc(Cc2ccccc2Cc2cccc(C(N)=O)c2C(N)=O)c1C(N)=O. The highest BCUT2D eigenvalue weighted by Gasteiger charge is 2.20. The predicted octanol–water partition coefficient (Wildman–Crippen LogP) is 1.26. The van der Waals surface area contributed by atoms with Crippen LogP contribution in [0.4, 0.5) is 0 Å². The van der Waals surface area contributed by atoms with Gasteiger partial charge in [0.05, 0.1) is 22.3 Å². The maximum atomic E-state index is 12.1. The Morgan fingerprint density at radius 2 is 0.812 bits per heavy atom. The fraction of sp³-hybridized carbons (Fsp3) is 0.0833. The van der Waals surface area contributed by atoms with E-state index in [1.54, 1.807) is 24.3 Å². The summed E-state index contributed by atoms with van der Waals surface area (Å²) in [7, 11) is 0. The summed E-state index contributed by atoms with van der Waals surface area (Å²) < 4.78 is 0. The van der Waals surface area contributed by atoms with Crippen molar-refractivity contribution in [1.82, 2.24) is 0 Å². The zero-order chi connectivity index (χ0) is 23.4. The normalized spacial score (nSPS) is 10.5. The van der Waals surface area contributed by atoms with Gasteiger partial charge in [0.15, 0.2) is 0 Å². The van der Waals surface area contributed by atoms with Crippen LogP contribution in [0.3, 0.4) is 0 Å². The molecular weight excluding hydrogens is 408 g/mol. The molecule has 0 bridgehead atoms. The molecule has 162 valence electrons. The summed E-state index contributed by atoms with van der Waals surface area (Å²) in [6.45, 7) is 0. The molecule has 0 atom stereocenters. The second-order valence-corrected chi connectivity index (χ2v) is 7.26. The lowest BCUT2D eigenvalue weighted by molar-refractivity contribution is 0.0966. The fourth-order valence-electron chi connectivity index (χ4n) is 3.80. The molecule has 8 heteroatoms. The highest BCUT2D eigenvalue weighted by atomic mass is 16.2. The Balaban J connectivity index is 2.07. The molecule has 0 saturated heterocycles. The van der Waals surface area contributed by atoms with Gasteiger partial charge in [-0.25, -0.2) is 0 Å². The van der Waals surface area contributed by atoms with Crippen LogP contribution in [-0.4, -0.2) is 23.6 Å². The van der Waals surface area contributed by atoms with Crippen LogP contribution in [0.15, 0.2) is 60.7 Å². The largest absolute Gasteiger partial charge is 0.366 e. The summed E-state index contributed by atoms with van der Waals surface area (Å²) in [5, 5.41) is 0. The summed E-state index contributed by atoms with van der Waals surface area (Å²) in [6, 6.07) is 16.9. The third-order valence-electron chi connectivity index (χ3n) is 5.21. The Bertz CT molecular complexity index is 1150. The van der Waals surface area contributed by atoms with E-state index < -0.39 is 23.6 Å². The molecule has 0 saturated carbocycles. The third-order valence-corrected chi connectivity index (χ3v) is 5.21. The van der Waals surface area contributed by atoms with Crippen molar-refractivity contribution in [2.45, 2.75) is 12.8 Å². The first-order valence-electron chi connectivity index (χ1n) is 9.70. The maximum absolute atomic E-state index is 12.1. The zero-order valence-electron chi connectivity index (χ0n) is 17.1. The molecule has 3 aromatic rings. The van der Waals surface area contributed by atoms with Gasteiger partial charge in [-0.3, -0.25) is 19.2 Å². The van der Waals surface area contributed by atoms with Gasteiger partial charge >= 0.3 is 0 Å². The summed E-state index contributed by atoms with van der Waals surface area (Å²) in [5.74, 6) is -3.00. The second kappa shape index (κ2) is 9.13. The second-order valence-electron chi connectivity index (χ2n) is 7.26. The number of carbonyl (C=O) groups is 4. The Kier molecular flexibility index (Phi) is 6.34. The first kappa shape index (κ1) is 22.2. The van der Waals surface area contributed by atoms with Gasteiger partial charge in [0.2, 0.25) is 23.6 Å². The molecule has 0 radical (unpaired) electrons. The van der Waals surface area contributed by atoms with Crippen molar-refractivity contribution < 1.29 is 19.2 Å². The number of benzene rings is 3. The average Bonchev–Trinajstić information content (AvgIpc) is 2.74. The molecular formula is C24H22N4O4.